The fourth-order valence-corrected chi connectivity index (χ4v) is 6.53. The number of furan rings is 1. The number of hydrogen-bond acceptors (Lipinski definition) is 5. The van der Waals surface area contributed by atoms with Gasteiger partial charge >= 0.3 is 0 Å². The Morgan fingerprint density at radius 1 is 0.968 bits per heavy atom. The number of nitrogens with zero attached hydrogens (tertiary/aromatic N) is 3. The maximum Gasteiger partial charge on any atom is 0.287 e. The molecule has 0 radical (unpaired) electrons. The van der Waals surface area contributed by atoms with E-state index in [1.165, 1.54) is 18.4 Å². The van der Waals surface area contributed by atoms with Crippen LogP contribution in [0.1, 0.15) is 34.7 Å². The van der Waals surface area contributed by atoms with E-state index in [4.69, 9.17) is 4.42 Å². The Morgan fingerprint density at radius 2 is 1.68 bits per heavy atom. The van der Waals surface area contributed by atoms with E-state index in [1.54, 1.807) is 0 Å². The predicted octanol–water partition coefficient (Wildman–Crippen LogP) is 2.17. The standard InChI is InChI=1S/C25H32N4O2/c30-24(22-9-8-21(31-22)16-27-10-4-5-11-27)26-23-19-14-28-12-13-29(15-19)18-25(23,17-28)20-6-2-1-3-7-20/h1-3,6-9,19,23H,4-5,10-18H2,(H,26,30)/t19?,23-,25?/m0/s1. The third-order valence-electron chi connectivity index (χ3n) is 7.89. The fourth-order valence-electron chi connectivity index (χ4n) is 6.53. The summed E-state index contributed by atoms with van der Waals surface area (Å²) in [6.45, 7) is 9.45. The van der Waals surface area contributed by atoms with Crippen LogP contribution in [0.2, 0.25) is 0 Å². The molecular weight excluding hydrogens is 388 g/mol. The van der Waals surface area contributed by atoms with Gasteiger partial charge < -0.3 is 19.5 Å². The van der Waals surface area contributed by atoms with Crippen molar-refractivity contribution in [2.45, 2.75) is 30.8 Å². The van der Waals surface area contributed by atoms with Crippen molar-refractivity contribution in [3.63, 3.8) is 0 Å². The molecule has 6 heteroatoms. The van der Waals surface area contributed by atoms with Gasteiger partial charge in [0.05, 0.1) is 6.54 Å². The van der Waals surface area contributed by atoms with E-state index in [9.17, 15) is 4.79 Å². The predicted molar refractivity (Wildman–Crippen MR) is 119 cm³/mol. The van der Waals surface area contributed by atoms with Crippen molar-refractivity contribution in [3.05, 3.63) is 59.5 Å². The number of carbonyl (C=O) groups is 1. The first-order valence-electron chi connectivity index (χ1n) is 11.8. The van der Waals surface area contributed by atoms with Gasteiger partial charge in [0.25, 0.3) is 5.91 Å². The number of amides is 1. The van der Waals surface area contributed by atoms with Crippen LogP contribution >= 0.6 is 0 Å². The quantitative estimate of drug-likeness (QED) is 0.804. The number of carbonyl (C=O) groups excluding carboxylic acids is 1. The minimum absolute atomic E-state index is 0.0656. The van der Waals surface area contributed by atoms with E-state index < -0.39 is 0 Å². The minimum Gasteiger partial charge on any atom is -0.455 e. The SMILES string of the molecule is O=C(N[C@H]1C2CN3CCN(C2)CC1(c1ccccc1)C3)c1ccc(CN2CCCC2)o1. The number of likely N-dealkylation sites (tertiary alicyclic amines) is 1. The van der Waals surface area contributed by atoms with Gasteiger partial charge in [0.1, 0.15) is 5.76 Å². The molecule has 6 heterocycles. The lowest BCUT2D eigenvalue weighted by Crippen LogP contribution is -2.70. The van der Waals surface area contributed by atoms with Gasteiger partial charge in [-0.3, -0.25) is 9.69 Å². The monoisotopic (exact) mass is 420 g/mol. The van der Waals surface area contributed by atoms with Crippen LogP contribution in [0.3, 0.4) is 0 Å². The van der Waals surface area contributed by atoms with Crippen LogP contribution in [-0.4, -0.2) is 79.0 Å². The van der Waals surface area contributed by atoms with Gasteiger partial charge in [0.2, 0.25) is 0 Å². The molecule has 2 aromatic rings. The summed E-state index contributed by atoms with van der Waals surface area (Å²) in [5.41, 5.74) is 1.27. The highest BCUT2D eigenvalue weighted by Gasteiger charge is 2.55. The van der Waals surface area contributed by atoms with Crippen LogP contribution in [0.15, 0.2) is 46.9 Å². The van der Waals surface area contributed by atoms with Crippen molar-refractivity contribution >= 4 is 5.91 Å². The van der Waals surface area contributed by atoms with E-state index in [-0.39, 0.29) is 17.4 Å². The number of hydrogen-bond donors (Lipinski definition) is 1. The molecular formula is C25H32N4O2. The van der Waals surface area contributed by atoms with Gasteiger partial charge in [-0.05, 0) is 43.6 Å². The van der Waals surface area contributed by atoms with Gasteiger partial charge in [-0.1, -0.05) is 30.3 Å². The molecule has 5 saturated heterocycles. The van der Waals surface area contributed by atoms with Crippen molar-refractivity contribution in [2.75, 3.05) is 52.4 Å². The summed E-state index contributed by atoms with van der Waals surface area (Å²) in [7, 11) is 0. The first kappa shape index (κ1) is 19.5. The Kier molecular flexibility index (Phi) is 4.89. The molecule has 7 rings (SSSR count). The Balaban J connectivity index is 1.26. The maximum atomic E-state index is 13.3. The molecule has 5 aliphatic heterocycles. The van der Waals surface area contributed by atoms with E-state index in [1.807, 2.05) is 12.1 Å². The normalized spacial score (nSPS) is 34.7. The molecule has 164 valence electrons. The van der Waals surface area contributed by atoms with E-state index in [2.05, 4.69) is 50.3 Å². The van der Waals surface area contributed by atoms with Crippen molar-refractivity contribution in [1.29, 1.82) is 0 Å². The Bertz CT molecular complexity index is 920. The van der Waals surface area contributed by atoms with Gasteiger partial charge in [-0.2, -0.15) is 0 Å². The summed E-state index contributed by atoms with van der Waals surface area (Å²) >= 11 is 0. The molecule has 3 atom stereocenters. The zero-order valence-corrected chi connectivity index (χ0v) is 18.1. The van der Waals surface area contributed by atoms with Gasteiger partial charge in [-0.25, -0.2) is 0 Å². The number of benzene rings is 1. The van der Waals surface area contributed by atoms with Gasteiger partial charge in [0.15, 0.2) is 5.76 Å². The molecule has 31 heavy (non-hydrogen) atoms. The van der Waals surface area contributed by atoms with Crippen LogP contribution in [-0.2, 0) is 12.0 Å². The molecule has 6 nitrogen and oxygen atoms in total. The van der Waals surface area contributed by atoms with Gasteiger partial charge in [0, 0.05) is 56.6 Å². The molecule has 5 fully saturated rings. The minimum atomic E-state index is -0.0699. The van der Waals surface area contributed by atoms with E-state index in [0.29, 0.717) is 11.7 Å². The fraction of sp³-hybridized carbons (Fsp3) is 0.560. The summed E-state index contributed by atoms with van der Waals surface area (Å²) in [6.07, 6.45) is 2.51. The summed E-state index contributed by atoms with van der Waals surface area (Å²) < 4.78 is 5.99. The molecule has 5 aliphatic rings. The third kappa shape index (κ3) is 3.51. The average Bonchev–Trinajstić information content (AvgIpc) is 3.40. The zero-order chi connectivity index (χ0) is 20.8. The van der Waals surface area contributed by atoms with Crippen LogP contribution in [0.25, 0.3) is 0 Å². The molecule has 0 spiro atoms. The lowest BCUT2D eigenvalue weighted by Gasteiger charge is -2.55. The smallest absolute Gasteiger partial charge is 0.287 e. The van der Waals surface area contributed by atoms with Crippen LogP contribution in [0.5, 0.6) is 0 Å². The number of piperidine rings is 2. The Hall–Kier alpha value is -2.15. The number of fused-ring (bicyclic) bond motifs is 1. The average molecular weight is 421 g/mol. The highest BCUT2D eigenvalue weighted by Crippen LogP contribution is 2.43. The summed E-state index contributed by atoms with van der Waals surface area (Å²) in [5.74, 6) is 1.71. The maximum absolute atomic E-state index is 13.3. The Morgan fingerprint density at radius 3 is 2.39 bits per heavy atom. The topological polar surface area (TPSA) is 52.0 Å². The zero-order valence-electron chi connectivity index (χ0n) is 18.1. The highest BCUT2D eigenvalue weighted by molar-refractivity contribution is 5.92. The van der Waals surface area contributed by atoms with Crippen molar-refractivity contribution in [3.8, 4) is 0 Å². The summed E-state index contributed by atoms with van der Waals surface area (Å²) in [5, 5.41) is 3.45. The molecule has 1 amide bonds. The lowest BCUT2D eigenvalue weighted by molar-refractivity contribution is 0.0174. The van der Waals surface area contributed by atoms with Crippen molar-refractivity contribution < 1.29 is 9.21 Å². The second kappa shape index (κ2) is 7.76. The Labute approximate surface area is 184 Å². The van der Waals surface area contributed by atoms with Crippen LogP contribution in [0.4, 0.5) is 0 Å². The molecule has 0 saturated carbocycles. The lowest BCUT2D eigenvalue weighted by atomic mass is 9.64. The summed E-state index contributed by atoms with van der Waals surface area (Å²) in [6, 6.07) is 14.8. The molecule has 1 aromatic carbocycles. The van der Waals surface area contributed by atoms with Crippen molar-refractivity contribution in [1.82, 2.24) is 20.0 Å². The molecule has 2 unspecified atom stereocenters. The molecule has 0 aliphatic carbocycles. The van der Waals surface area contributed by atoms with E-state index in [0.717, 1.165) is 64.7 Å². The molecule has 1 aromatic heterocycles. The third-order valence-corrected chi connectivity index (χ3v) is 7.89. The number of rotatable bonds is 5. The van der Waals surface area contributed by atoms with Crippen LogP contribution < -0.4 is 5.32 Å². The molecule has 4 bridgehead atoms. The van der Waals surface area contributed by atoms with E-state index >= 15 is 0 Å². The van der Waals surface area contributed by atoms with Crippen molar-refractivity contribution in [2.24, 2.45) is 5.92 Å². The second-order valence-electron chi connectivity index (χ2n) is 9.95. The second-order valence-corrected chi connectivity index (χ2v) is 9.95. The molecule has 1 N–H and O–H groups in total. The highest BCUT2D eigenvalue weighted by atomic mass is 16.4. The number of nitrogens with one attached hydrogen (secondary N) is 1. The largest absolute Gasteiger partial charge is 0.455 e. The van der Waals surface area contributed by atoms with Gasteiger partial charge in [-0.15, -0.1) is 0 Å². The first-order valence-corrected chi connectivity index (χ1v) is 11.8. The summed E-state index contributed by atoms with van der Waals surface area (Å²) in [4.78, 5) is 20.9. The van der Waals surface area contributed by atoms with Crippen LogP contribution in [0, 0.1) is 5.92 Å². The first-order chi connectivity index (χ1) is 15.2.